The number of hydrogen-bond donors (Lipinski definition) is 2. The minimum atomic E-state index is -3.56. The molecule has 0 fully saturated rings. The number of nitrogens with one attached hydrogen (secondary N) is 1. The Morgan fingerprint density at radius 2 is 2.11 bits per heavy atom. The van der Waals surface area contributed by atoms with Crippen LogP contribution in [0.25, 0.3) is 0 Å². The number of halogens is 1. The summed E-state index contributed by atoms with van der Waals surface area (Å²) >= 11 is 5.81. The Kier molecular flexibility index (Phi) is 5.25. The fraction of sp³-hybridized carbons (Fsp3) is 0.455. The van der Waals surface area contributed by atoms with Gasteiger partial charge in [0.1, 0.15) is 5.75 Å². The summed E-state index contributed by atoms with van der Waals surface area (Å²) in [6, 6.07) is 2.91. The molecular weight excluding hydrogens is 278 g/mol. The molecule has 0 aliphatic heterocycles. The van der Waals surface area contributed by atoms with Gasteiger partial charge in [0, 0.05) is 11.6 Å². The normalized spacial score (nSPS) is 11.5. The van der Waals surface area contributed by atoms with Crippen LogP contribution in [0.2, 0.25) is 5.02 Å². The summed E-state index contributed by atoms with van der Waals surface area (Å²) in [6.07, 6.45) is 0. The molecule has 0 saturated carbocycles. The fourth-order valence-corrected chi connectivity index (χ4v) is 2.55. The van der Waals surface area contributed by atoms with Gasteiger partial charge in [-0.3, -0.25) is 4.72 Å². The van der Waals surface area contributed by atoms with Gasteiger partial charge in [0.15, 0.2) is 0 Å². The van der Waals surface area contributed by atoms with Gasteiger partial charge in [-0.25, -0.2) is 8.42 Å². The Bertz CT molecular complexity index is 516. The summed E-state index contributed by atoms with van der Waals surface area (Å²) in [6.45, 7) is 3.98. The van der Waals surface area contributed by atoms with E-state index < -0.39 is 10.0 Å². The van der Waals surface area contributed by atoms with Gasteiger partial charge in [-0.05, 0) is 31.5 Å². The zero-order chi connectivity index (χ0) is 13.8. The molecule has 0 aromatic heterocycles. The van der Waals surface area contributed by atoms with Crippen LogP contribution in [0.1, 0.15) is 12.5 Å². The largest absolute Gasteiger partial charge is 0.505 e. The molecule has 1 aromatic carbocycles. The molecule has 0 bridgehead atoms. The van der Waals surface area contributed by atoms with Crippen LogP contribution in [0, 0.1) is 6.92 Å². The van der Waals surface area contributed by atoms with Crippen LogP contribution in [-0.4, -0.2) is 32.5 Å². The number of ether oxygens (including phenoxy) is 1. The monoisotopic (exact) mass is 293 g/mol. The Balaban J connectivity index is 2.84. The van der Waals surface area contributed by atoms with Crippen molar-refractivity contribution in [2.45, 2.75) is 13.8 Å². The predicted molar refractivity (Wildman–Crippen MR) is 71.8 cm³/mol. The number of benzene rings is 1. The van der Waals surface area contributed by atoms with Crippen LogP contribution in [0.15, 0.2) is 12.1 Å². The van der Waals surface area contributed by atoms with Gasteiger partial charge in [0.25, 0.3) is 0 Å². The number of aryl methyl sites for hydroxylation is 1. The van der Waals surface area contributed by atoms with E-state index in [1.165, 1.54) is 6.07 Å². The molecule has 18 heavy (non-hydrogen) atoms. The second-order valence-electron chi connectivity index (χ2n) is 3.74. The van der Waals surface area contributed by atoms with E-state index in [1.54, 1.807) is 19.9 Å². The first-order valence-electron chi connectivity index (χ1n) is 5.43. The van der Waals surface area contributed by atoms with Crippen molar-refractivity contribution in [1.29, 1.82) is 0 Å². The minimum absolute atomic E-state index is 0.0801. The summed E-state index contributed by atoms with van der Waals surface area (Å²) in [7, 11) is -3.56. The first-order chi connectivity index (χ1) is 8.35. The molecule has 0 amide bonds. The molecule has 1 rings (SSSR count). The lowest BCUT2D eigenvalue weighted by molar-refractivity contribution is 0.163. The number of sulfonamides is 1. The zero-order valence-corrected chi connectivity index (χ0v) is 11.8. The van der Waals surface area contributed by atoms with E-state index in [1.807, 2.05) is 0 Å². The van der Waals surface area contributed by atoms with E-state index in [2.05, 4.69) is 4.72 Å². The van der Waals surface area contributed by atoms with Crippen molar-refractivity contribution < 1.29 is 18.3 Å². The Morgan fingerprint density at radius 3 is 2.72 bits per heavy atom. The van der Waals surface area contributed by atoms with E-state index in [0.717, 1.165) is 0 Å². The molecule has 0 aliphatic carbocycles. The molecule has 7 heteroatoms. The number of hydrogen-bond acceptors (Lipinski definition) is 4. The lowest BCUT2D eigenvalue weighted by Crippen LogP contribution is -2.20. The second-order valence-corrected chi connectivity index (χ2v) is 6.02. The summed E-state index contributed by atoms with van der Waals surface area (Å²) in [5, 5.41) is 10.1. The molecular formula is C11H16ClNO4S. The first kappa shape index (κ1) is 15.1. The third-order valence-electron chi connectivity index (χ3n) is 2.23. The summed E-state index contributed by atoms with van der Waals surface area (Å²) in [5.74, 6) is -0.300. The van der Waals surface area contributed by atoms with Crippen LogP contribution in [0.4, 0.5) is 5.69 Å². The summed E-state index contributed by atoms with van der Waals surface area (Å²) in [4.78, 5) is 0. The lowest BCUT2D eigenvalue weighted by Gasteiger charge is -2.11. The average molecular weight is 294 g/mol. The highest BCUT2D eigenvalue weighted by Gasteiger charge is 2.14. The van der Waals surface area contributed by atoms with Crippen molar-refractivity contribution in [3.8, 4) is 5.75 Å². The molecule has 0 spiro atoms. The van der Waals surface area contributed by atoms with Crippen LogP contribution in [-0.2, 0) is 14.8 Å². The van der Waals surface area contributed by atoms with Crippen molar-refractivity contribution in [3.63, 3.8) is 0 Å². The van der Waals surface area contributed by atoms with Gasteiger partial charge in [-0.1, -0.05) is 11.6 Å². The van der Waals surface area contributed by atoms with Crippen LogP contribution >= 0.6 is 11.6 Å². The molecule has 0 unspecified atom stereocenters. The molecule has 2 N–H and O–H groups in total. The van der Waals surface area contributed by atoms with Crippen LogP contribution < -0.4 is 4.72 Å². The molecule has 0 saturated heterocycles. The maximum Gasteiger partial charge on any atom is 0.235 e. The van der Waals surface area contributed by atoms with E-state index in [-0.39, 0.29) is 23.8 Å². The number of anilines is 1. The Morgan fingerprint density at radius 1 is 1.44 bits per heavy atom. The van der Waals surface area contributed by atoms with Crippen LogP contribution in [0.5, 0.6) is 5.75 Å². The first-order valence-corrected chi connectivity index (χ1v) is 7.46. The van der Waals surface area contributed by atoms with E-state index in [9.17, 15) is 13.5 Å². The fourth-order valence-electron chi connectivity index (χ4n) is 1.34. The standard InChI is InChI=1S/C11H16ClNO4S/c1-3-17-4-5-18(15,16)13-10-7-9(12)6-8(2)11(10)14/h6-7,13-14H,3-5H2,1-2H3. The maximum absolute atomic E-state index is 11.7. The van der Waals surface area contributed by atoms with Crippen molar-refractivity contribution >= 4 is 27.3 Å². The lowest BCUT2D eigenvalue weighted by atomic mass is 10.2. The van der Waals surface area contributed by atoms with Gasteiger partial charge in [-0.2, -0.15) is 0 Å². The average Bonchev–Trinajstić information content (AvgIpc) is 2.25. The third-order valence-corrected chi connectivity index (χ3v) is 3.68. The van der Waals surface area contributed by atoms with Crippen molar-refractivity contribution in [3.05, 3.63) is 22.7 Å². The summed E-state index contributed by atoms with van der Waals surface area (Å²) in [5.41, 5.74) is 0.585. The molecule has 0 aliphatic rings. The van der Waals surface area contributed by atoms with Crippen molar-refractivity contribution in [2.75, 3.05) is 23.7 Å². The number of aromatic hydroxyl groups is 1. The molecule has 0 atom stereocenters. The zero-order valence-electron chi connectivity index (χ0n) is 10.2. The summed E-state index contributed by atoms with van der Waals surface area (Å²) < 4.78 is 30.7. The van der Waals surface area contributed by atoms with E-state index in [4.69, 9.17) is 16.3 Å². The van der Waals surface area contributed by atoms with Gasteiger partial charge < -0.3 is 9.84 Å². The Labute approximate surface area is 112 Å². The second kappa shape index (κ2) is 6.26. The van der Waals surface area contributed by atoms with Gasteiger partial charge in [-0.15, -0.1) is 0 Å². The molecule has 102 valence electrons. The predicted octanol–water partition coefficient (Wildman–Crippen LogP) is 2.13. The minimum Gasteiger partial charge on any atom is -0.505 e. The topological polar surface area (TPSA) is 75.6 Å². The number of rotatable bonds is 6. The quantitative estimate of drug-likeness (QED) is 0.622. The maximum atomic E-state index is 11.7. The highest BCUT2D eigenvalue weighted by Crippen LogP contribution is 2.31. The third kappa shape index (κ3) is 4.36. The van der Waals surface area contributed by atoms with Crippen LogP contribution in [0.3, 0.4) is 0 Å². The molecule has 5 nitrogen and oxygen atoms in total. The Hall–Kier alpha value is -0.980. The van der Waals surface area contributed by atoms with Gasteiger partial charge in [0.05, 0.1) is 18.0 Å². The van der Waals surface area contributed by atoms with Gasteiger partial charge in [0.2, 0.25) is 10.0 Å². The number of phenols is 1. The number of phenolic OH excluding ortho intramolecular Hbond substituents is 1. The molecule has 0 radical (unpaired) electrons. The highest BCUT2D eigenvalue weighted by atomic mass is 35.5. The van der Waals surface area contributed by atoms with Gasteiger partial charge >= 0.3 is 0 Å². The SMILES string of the molecule is CCOCCS(=O)(=O)Nc1cc(Cl)cc(C)c1O. The molecule has 1 aromatic rings. The highest BCUT2D eigenvalue weighted by molar-refractivity contribution is 7.92. The molecule has 0 heterocycles. The van der Waals surface area contributed by atoms with Crippen molar-refractivity contribution in [1.82, 2.24) is 0 Å². The van der Waals surface area contributed by atoms with Crippen molar-refractivity contribution in [2.24, 2.45) is 0 Å². The van der Waals surface area contributed by atoms with E-state index in [0.29, 0.717) is 17.2 Å². The van der Waals surface area contributed by atoms with E-state index >= 15 is 0 Å². The smallest absolute Gasteiger partial charge is 0.235 e.